The Balaban J connectivity index is 2.36. The molecular weight excluding hydrogens is 276 g/mol. The van der Waals surface area contributed by atoms with Crippen molar-refractivity contribution in [1.82, 2.24) is 0 Å². The first kappa shape index (κ1) is 11.9. The summed E-state index contributed by atoms with van der Waals surface area (Å²) >= 11 is 3.95. The van der Waals surface area contributed by atoms with E-state index in [4.69, 9.17) is 0 Å². The Bertz CT molecular complexity index is 462. The lowest BCUT2D eigenvalue weighted by Gasteiger charge is -2.11. The van der Waals surface area contributed by atoms with Gasteiger partial charge in [0.25, 0.3) is 0 Å². The van der Waals surface area contributed by atoms with Gasteiger partial charge in [-0.1, -0.05) is 62.2 Å². The molecule has 0 radical (unpaired) electrons. The number of rotatable bonds is 4. The van der Waals surface area contributed by atoms with E-state index in [1.54, 1.807) is 5.19 Å². The van der Waals surface area contributed by atoms with Gasteiger partial charge in [-0.3, -0.25) is 0 Å². The molecule has 0 bridgehead atoms. The molecular formula is C14H17BrSi. The van der Waals surface area contributed by atoms with Crippen molar-refractivity contribution in [2.75, 3.05) is 0 Å². The van der Waals surface area contributed by atoms with E-state index < -0.39 is 7.42 Å². The second-order valence-corrected chi connectivity index (χ2v) is 9.63. The highest BCUT2D eigenvalue weighted by Gasteiger charge is 2.11. The summed E-state index contributed by atoms with van der Waals surface area (Å²) in [7, 11) is -0.916. The summed E-state index contributed by atoms with van der Waals surface area (Å²) in [4.78, 5) is 0. The fourth-order valence-corrected chi connectivity index (χ4v) is 6.23. The number of fused-ring (bicyclic) bond motifs is 1. The molecule has 84 valence electrons. The molecule has 2 rings (SSSR count). The van der Waals surface area contributed by atoms with E-state index in [9.17, 15) is 0 Å². The number of unbranched alkanes of at least 4 members (excludes halogenated alkanes) is 1. The third kappa shape index (κ3) is 2.55. The molecule has 0 heterocycles. The second kappa shape index (κ2) is 5.64. The summed E-state index contributed by atoms with van der Waals surface area (Å²) in [6.45, 7) is 2.26. The SMILES string of the molecule is CCCC[SiH](Br)c1cccc2ccccc12. The van der Waals surface area contributed by atoms with Crippen molar-refractivity contribution in [3.8, 4) is 0 Å². The minimum Gasteiger partial charge on any atom is -0.125 e. The van der Waals surface area contributed by atoms with Crippen LogP contribution in [0, 0.1) is 0 Å². The maximum Gasteiger partial charge on any atom is 0.146 e. The summed E-state index contributed by atoms with van der Waals surface area (Å²) in [5, 5.41) is 4.37. The van der Waals surface area contributed by atoms with Gasteiger partial charge in [-0.25, -0.2) is 0 Å². The minimum absolute atomic E-state index is 0.916. The maximum atomic E-state index is 3.95. The van der Waals surface area contributed by atoms with Crippen LogP contribution >= 0.6 is 15.3 Å². The predicted molar refractivity (Wildman–Crippen MR) is 79.4 cm³/mol. The van der Waals surface area contributed by atoms with Crippen LogP contribution in [0.4, 0.5) is 0 Å². The Kier molecular flexibility index (Phi) is 4.19. The third-order valence-corrected chi connectivity index (χ3v) is 7.92. The van der Waals surface area contributed by atoms with Gasteiger partial charge < -0.3 is 0 Å². The Hall–Kier alpha value is -0.603. The molecule has 1 unspecified atom stereocenters. The van der Waals surface area contributed by atoms with Crippen LogP contribution in [0.3, 0.4) is 0 Å². The zero-order valence-electron chi connectivity index (χ0n) is 9.62. The smallest absolute Gasteiger partial charge is 0.125 e. The van der Waals surface area contributed by atoms with Gasteiger partial charge in [0.1, 0.15) is 7.42 Å². The van der Waals surface area contributed by atoms with Gasteiger partial charge in [0.2, 0.25) is 0 Å². The van der Waals surface area contributed by atoms with Gasteiger partial charge in [-0.15, -0.1) is 15.3 Å². The first-order valence-electron chi connectivity index (χ1n) is 5.94. The number of hydrogen-bond acceptors (Lipinski definition) is 0. The van der Waals surface area contributed by atoms with Gasteiger partial charge >= 0.3 is 0 Å². The zero-order valence-corrected chi connectivity index (χ0v) is 12.4. The molecule has 0 aliphatic carbocycles. The summed E-state index contributed by atoms with van der Waals surface area (Å²) in [6.07, 6.45) is 2.63. The average Bonchev–Trinajstić information content (AvgIpc) is 2.35. The standard InChI is InChI=1S/C14H17BrSi/c1-2-3-11-16(15)14-10-6-8-12-7-4-5-9-13(12)14/h4-10,16H,2-3,11H2,1H3. The normalized spacial score (nSPS) is 12.9. The monoisotopic (exact) mass is 292 g/mol. The van der Waals surface area contributed by atoms with E-state index in [1.807, 2.05) is 0 Å². The van der Waals surface area contributed by atoms with Crippen molar-refractivity contribution in [2.24, 2.45) is 0 Å². The summed E-state index contributed by atoms with van der Waals surface area (Å²) in [5.74, 6) is 0. The number of halogens is 1. The molecule has 0 saturated carbocycles. The summed E-state index contributed by atoms with van der Waals surface area (Å²) < 4.78 is 0. The summed E-state index contributed by atoms with van der Waals surface area (Å²) in [5.41, 5.74) is 0. The Morgan fingerprint density at radius 2 is 1.81 bits per heavy atom. The highest BCUT2D eigenvalue weighted by atomic mass is 79.9. The van der Waals surface area contributed by atoms with Crippen molar-refractivity contribution in [2.45, 2.75) is 25.8 Å². The molecule has 0 nitrogen and oxygen atoms in total. The molecule has 0 aliphatic rings. The topological polar surface area (TPSA) is 0 Å². The Morgan fingerprint density at radius 3 is 2.62 bits per heavy atom. The predicted octanol–water partition coefficient (Wildman–Crippen LogP) is 3.97. The van der Waals surface area contributed by atoms with Crippen LogP contribution in [0.15, 0.2) is 42.5 Å². The minimum atomic E-state index is -0.916. The Labute approximate surface area is 107 Å². The van der Waals surface area contributed by atoms with Crippen molar-refractivity contribution >= 4 is 38.7 Å². The van der Waals surface area contributed by atoms with E-state index in [2.05, 4.69) is 64.7 Å². The van der Waals surface area contributed by atoms with Crippen LogP contribution in [0.2, 0.25) is 6.04 Å². The van der Waals surface area contributed by atoms with Gasteiger partial charge in [-0.05, 0) is 22.0 Å². The van der Waals surface area contributed by atoms with Crippen LogP contribution < -0.4 is 5.19 Å². The van der Waals surface area contributed by atoms with Crippen LogP contribution in [-0.2, 0) is 0 Å². The number of benzene rings is 2. The Morgan fingerprint density at radius 1 is 1.06 bits per heavy atom. The van der Waals surface area contributed by atoms with Crippen LogP contribution in [0.1, 0.15) is 19.8 Å². The second-order valence-electron chi connectivity index (χ2n) is 4.18. The van der Waals surface area contributed by atoms with E-state index >= 15 is 0 Å². The van der Waals surface area contributed by atoms with Gasteiger partial charge in [-0.2, -0.15) is 0 Å². The van der Waals surface area contributed by atoms with E-state index in [-0.39, 0.29) is 0 Å². The lowest BCUT2D eigenvalue weighted by atomic mass is 10.1. The quantitative estimate of drug-likeness (QED) is 0.591. The first-order valence-corrected chi connectivity index (χ1v) is 10.5. The molecule has 2 aromatic rings. The fraction of sp³-hybridized carbons (Fsp3) is 0.286. The zero-order chi connectivity index (χ0) is 11.4. The van der Waals surface area contributed by atoms with E-state index in [0.29, 0.717) is 0 Å². The van der Waals surface area contributed by atoms with Crippen molar-refractivity contribution in [3.05, 3.63) is 42.5 Å². The van der Waals surface area contributed by atoms with Crippen molar-refractivity contribution < 1.29 is 0 Å². The molecule has 0 N–H and O–H groups in total. The molecule has 1 atom stereocenters. The van der Waals surface area contributed by atoms with Gasteiger partial charge in [0.15, 0.2) is 0 Å². The van der Waals surface area contributed by atoms with Crippen LogP contribution in [-0.4, -0.2) is 7.42 Å². The molecule has 0 aromatic heterocycles. The molecule has 2 heteroatoms. The molecule has 0 aliphatic heterocycles. The van der Waals surface area contributed by atoms with Crippen LogP contribution in [0.25, 0.3) is 10.8 Å². The molecule has 2 aromatic carbocycles. The average molecular weight is 293 g/mol. The molecule has 0 fully saturated rings. The first-order chi connectivity index (χ1) is 7.83. The third-order valence-electron chi connectivity index (χ3n) is 2.97. The fourth-order valence-electron chi connectivity index (χ4n) is 2.06. The van der Waals surface area contributed by atoms with Crippen molar-refractivity contribution in [3.63, 3.8) is 0 Å². The van der Waals surface area contributed by atoms with Gasteiger partial charge in [0, 0.05) is 0 Å². The van der Waals surface area contributed by atoms with Gasteiger partial charge in [0.05, 0.1) is 0 Å². The van der Waals surface area contributed by atoms with E-state index in [1.165, 1.54) is 29.7 Å². The highest BCUT2D eigenvalue weighted by Crippen LogP contribution is 2.16. The highest BCUT2D eigenvalue weighted by molar-refractivity contribution is 9.25. The largest absolute Gasteiger partial charge is 0.146 e. The molecule has 0 spiro atoms. The molecule has 16 heavy (non-hydrogen) atoms. The number of hydrogen-bond donors (Lipinski definition) is 0. The molecule has 0 saturated heterocycles. The van der Waals surface area contributed by atoms with Crippen molar-refractivity contribution in [1.29, 1.82) is 0 Å². The summed E-state index contributed by atoms with van der Waals surface area (Å²) in [6, 6.07) is 16.7. The lowest BCUT2D eigenvalue weighted by Crippen LogP contribution is -2.23. The lowest BCUT2D eigenvalue weighted by molar-refractivity contribution is 0.880. The molecule has 0 amide bonds. The van der Waals surface area contributed by atoms with E-state index in [0.717, 1.165) is 0 Å². The maximum absolute atomic E-state index is 3.95. The van der Waals surface area contributed by atoms with Crippen LogP contribution in [0.5, 0.6) is 0 Å².